The Morgan fingerprint density at radius 3 is 2.47 bits per heavy atom. The number of halogens is 3. The van der Waals surface area contributed by atoms with Gasteiger partial charge in [0.1, 0.15) is 0 Å². The van der Waals surface area contributed by atoms with Crippen molar-refractivity contribution in [1.29, 1.82) is 0 Å². The van der Waals surface area contributed by atoms with Gasteiger partial charge in [0.2, 0.25) is 0 Å². The molecule has 0 bridgehead atoms. The van der Waals surface area contributed by atoms with Gasteiger partial charge in [-0.05, 0) is 84.6 Å². The van der Waals surface area contributed by atoms with Crippen molar-refractivity contribution in [3.05, 3.63) is 35.4 Å². The van der Waals surface area contributed by atoms with Crippen LogP contribution in [-0.2, 0) is 12.6 Å². The lowest BCUT2D eigenvalue weighted by atomic mass is 9.79. The van der Waals surface area contributed by atoms with E-state index in [4.69, 9.17) is 0 Å². The highest BCUT2D eigenvalue weighted by atomic mass is 19.4. The van der Waals surface area contributed by atoms with Crippen molar-refractivity contribution in [1.82, 2.24) is 14.7 Å². The van der Waals surface area contributed by atoms with Crippen LogP contribution in [0.25, 0.3) is 0 Å². The minimum atomic E-state index is -4.28. The summed E-state index contributed by atoms with van der Waals surface area (Å²) < 4.78 is 39.5. The Labute approximate surface area is 180 Å². The molecular formula is C24H38F3N3. The lowest BCUT2D eigenvalue weighted by Gasteiger charge is -2.53. The molecule has 2 saturated heterocycles. The highest BCUT2D eigenvalue weighted by Gasteiger charge is 2.42. The second-order valence-electron chi connectivity index (χ2n) is 10.6. The van der Waals surface area contributed by atoms with Crippen molar-refractivity contribution in [3.63, 3.8) is 0 Å². The van der Waals surface area contributed by atoms with Gasteiger partial charge in [-0.15, -0.1) is 0 Å². The summed E-state index contributed by atoms with van der Waals surface area (Å²) in [5.74, 6) is 0.690. The van der Waals surface area contributed by atoms with Crippen molar-refractivity contribution >= 4 is 0 Å². The molecule has 0 unspecified atom stereocenters. The van der Waals surface area contributed by atoms with Crippen LogP contribution in [0.5, 0.6) is 0 Å². The molecule has 170 valence electrons. The molecule has 0 N–H and O–H groups in total. The summed E-state index contributed by atoms with van der Waals surface area (Å²) >= 11 is 0. The molecule has 1 aromatic rings. The fourth-order valence-electron chi connectivity index (χ4n) is 5.20. The number of likely N-dealkylation sites (N-methyl/N-ethyl adjacent to an activating group) is 1. The zero-order valence-corrected chi connectivity index (χ0v) is 19.2. The van der Waals surface area contributed by atoms with E-state index in [9.17, 15) is 13.2 Å². The summed E-state index contributed by atoms with van der Waals surface area (Å²) in [4.78, 5) is 7.44. The van der Waals surface area contributed by atoms with Crippen molar-refractivity contribution in [3.8, 4) is 0 Å². The summed E-state index contributed by atoms with van der Waals surface area (Å²) in [5, 5.41) is 0. The third kappa shape index (κ3) is 5.57. The second kappa shape index (κ2) is 8.79. The second-order valence-corrected chi connectivity index (χ2v) is 10.6. The van der Waals surface area contributed by atoms with E-state index in [1.54, 1.807) is 6.07 Å². The fourth-order valence-corrected chi connectivity index (χ4v) is 5.20. The van der Waals surface area contributed by atoms with Gasteiger partial charge in [-0.1, -0.05) is 18.2 Å². The monoisotopic (exact) mass is 425 g/mol. The van der Waals surface area contributed by atoms with Gasteiger partial charge in [-0.25, -0.2) is 0 Å². The predicted octanol–water partition coefficient (Wildman–Crippen LogP) is 4.76. The van der Waals surface area contributed by atoms with Crippen LogP contribution in [0.1, 0.15) is 51.2 Å². The lowest BCUT2D eigenvalue weighted by Crippen LogP contribution is -2.63. The molecule has 2 heterocycles. The van der Waals surface area contributed by atoms with Crippen LogP contribution >= 0.6 is 0 Å². The third-order valence-corrected chi connectivity index (χ3v) is 7.12. The summed E-state index contributed by atoms with van der Waals surface area (Å²) in [6.07, 6.45) is -0.474. The molecule has 0 aromatic heterocycles. The van der Waals surface area contributed by atoms with E-state index < -0.39 is 11.7 Å². The number of rotatable bonds is 6. The molecule has 6 heteroatoms. The van der Waals surface area contributed by atoms with Crippen molar-refractivity contribution in [2.75, 3.05) is 46.8 Å². The molecule has 3 rings (SSSR count). The number of hydrogen-bond acceptors (Lipinski definition) is 3. The number of benzene rings is 1. The molecule has 1 atom stereocenters. The van der Waals surface area contributed by atoms with Gasteiger partial charge in [0.25, 0.3) is 0 Å². The van der Waals surface area contributed by atoms with E-state index in [-0.39, 0.29) is 11.1 Å². The number of hydrogen-bond donors (Lipinski definition) is 0. The number of likely N-dealkylation sites (tertiary alicyclic amines) is 2. The molecule has 2 aliphatic heterocycles. The van der Waals surface area contributed by atoms with Crippen LogP contribution in [0, 0.1) is 5.92 Å². The van der Waals surface area contributed by atoms with Crippen LogP contribution in [-0.4, -0.2) is 72.6 Å². The Morgan fingerprint density at radius 1 is 1.17 bits per heavy atom. The van der Waals surface area contributed by atoms with Crippen LogP contribution in [0.4, 0.5) is 13.2 Å². The Balaban J connectivity index is 1.77. The molecule has 2 aliphatic rings. The number of nitrogens with zero attached hydrogens (tertiary/aromatic N) is 3. The van der Waals surface area contributed by atoms with Gasteiger partial charge < -0.3 is 4.90 Å². The Morgan fingerprint density at radius 2 is 1.87 bits per heavy atom. The van der Waals surface area contributed by atoms with Crippen molar-refractivity contribution in [2.45, 2.75) is 63.7 Å². The number of alkyl halides is 3. The van der Waals surface area contributed by atoms with E-state index in [1.165, 1.54) is 12.1 Å². The standard InChI is InChI=1S/C24H38F3N3/c1-22(2,3)30-13-7-11-23(18-30,29(5)17-20-15-28(4)16-20)12-10-19-8-6-9-21(14-19)24(25,26)27/h6,8-9,14,20H,7,10-13,15-18H2,1-5H3/t23-/m1/s1. The Hall–Kier alpha value is -1.11. The summed E-state index contributed by atoms with van der Waals surface area (Å²) in [5.41, 5.74) is 0.349. The zero-order chi connectivity index (χ0) is 22.2. The van der Waals surface area contributed by atoms with Gasteiger partial charge in [0.05, 0.1) is 5.56 Å². The topological polar surface area (TPSA) is 9.72 Å². The van der Waals surface area contributed by atoms with Crippen LogP contribution in [0.15, 0.2) is 24.3 Å². The zero-order valence-electron chi connectivity index (χ0n) is 19.2. The first kappa shape index (κ1) is 23.6. The average molecular weight is 426 g/mol. The normalized spacial score (nSPS) is 25.0. The quantitative estimate of drug-likeness (QED) is 0.650. The van der Waals surface area contributed by atoms with Crippen LogP contribution < -0.4 is 0 Å². The molecule has 0 spiro atoms. The van der Waals surface area contributed by atoms with Crippen molar-refractivity contribution < 1.29 is 13.2 Å². The maximum atomic E-state index is 13.2. The summed E-state index contributed by atoms with van der Waals surface area (Å²) in [6, 6.07) is 5.88. The van der Waals surface area contributed by atoms with Gasteiger partial charge in [-0.2, -0.15) is 13.2 Å². The minimum absolute atomic E-state index is 0.00787. The number of aryl methyl sites for hydroxylation is 1. The highest BCUT2D eigenvalue weighted by molar-refractivity contribution is 5.26. The van der Waals surface area contributed by atoms with Gasteiger partial charge in [0.15, 0.2) is 0 Å². The minimum Gasteiger partial charge on any atom is -0.306 e. The third-order valence-electron chi connectivity index (χ3n) is 7.12. The molecule has 2 fully saturated rings. The molecule has 3 nitrogen and oxygen atoms in total. The molecule has 0 amide bonds. The molecule has 30 heavy (non-hydrogen) atoms. The Bertz CT molecular complexity index is 706. The van der Waals surface area contributed by atoms with Gasteiger partial charge >= 0.3 is 6.18 Å². The smallest absolute Gasteiger partial charge is 0.306 e. The van der Waals surface area contributed by atoms with E-state index in [1.807, 2.05) is 6.07 Å². The first-order valence-corrected chi connectivity index (χ1v) is 11.2. The van der Waals surface area contributed by atoms with Gasteiger partial charge in [-0.3, -0.25) is 9.80 Å². The molecular weight excluding hydrogens is 387 g/mol. The summed E-state index contributed by atoms with van der Waals surface area (Å²) in [7, 11) is 4.39. The first-order valence-electron chi connectivity index (χ1n) is 11.2. The Kier molecular flexibility index (Phi) is 6.90. The summed E-state index contributed by atoms with van der Waals surface area (Å²) in [6.45, 7) is 12.2. The maximum absolute atomic E-state index is 13.2. The molecule has 1 aromatic carbocycles. The molecule has 0 radical (unpaired) electrons. The number of piperidine rings is 1. The van der Waals surface area contributed by atoms with Crippen LogP contribution in [0.2, 0.25) is 0 Å². The van der Waals surface area contributed by atoms with E-state index in [0.29, 0.717) is 12.3 Å². The first-order chi connectivity index (χ1) is 13.9. The van der Waals surface area contributed by atoms with E-state index >= 15 is 0 Å². The van der Waals surface area contributed by atoms with Crippen molar-refractivity contribution in [2.24, 2.45) is 5.92 Å². The molecule has 0 aliphatic carbocycles. The van der Waals surface area contributed by atoms with Gasteiger partial charge in [0, 0.05) is 37.3 Å². The highest BCUT2D eigenvalue weighted by Crippen LogP contribution is 2.36. The lowest BCUT2D eigenvalue weighted by molar-refractivity contribution is -0.137. The SMILES string of the molecule is CN1CC(CN(C)[C@@]2(CCc3cccc(C(F)(F)F)c3)CCCN(C(C)(C)C)C2)C1. The van der Waals surface area contributed by atoms with Crippen LogP contribution in [0.3, 0.4) is 0 Å². The molecule has 0 saturated carbocycles. The fraction of sp³-hybridized carbons (Fsp3) is 0.750. The predicted molar refractivity (Wildman–Crippen MR) is 117 cm³/mol. The average Bonchev–Trinajstić information content (AvgIpc) is 2.64. The largest absolute Gasteiger partial charge is 0.416 e. The van der Waals surface area contributed by atoms with E-state index in [0.717, 1.165) is 57.5 Å². The maximum Gasteiger partial charge on any atom is 0.416 e. The van der Waals surface area contributed by atoms with E-state index in [2.05, 4.69) is 49.6 Å².